The maximum Gasteiger partial charge on any atom is 2.00 e. The van der Waals surface area contributed by atoms with Crippen LogP contribution in [0.4, 0.5) is 0 Å². The molecule has 5 nitrogen and oxygen atoms in total. The summed E-state index contributed by atoms with van der Waals surface area (Å²) in [5.74, 6) is 0. The first-order valence-electron chi connectivity index (χ1n) is 0.548. The maximum atomic E-state index is 8.25. The molecule has 0 heterocycles. The molecule has 0 aliphatic rings. The second-order valence-corrected chi connectivity index (χ2v) is 0.224. The van der Waals surface area contributed by atoms with Crippen molar-refractivity contribution in [2.24, 2.45) is 0 Å². The molecule has 0 aromatic rings. The van der Waals surface area contributed by atoms with Crippen molar-refractivity contribution < 1.29 is 49.5 Å². The third kappa shape index (κ3) is 752. The fourth-order valence-electron chi connectivity index (χ4n) is 0. The summed E-state index contributed by atoms with van der Waals surface area (Å²) in [5, 5.41) is 14.8. The monoisotopic (exact) mass is 206 g/mol. The Kier molecular flexibility index (Phi) is 60.4. The van der Waals surface area contributed by atoms with Gasteiger partial charge in [0.25, 0.3) is 0 Å². The molecule has 0 rings (SSSR count). The standard InChI is InChI=1S/NO3.O.2Zn/c2-1(3)4;;;/q-1;-2;2*+2. The van der Waals surface area contributed by atoms with Crippen LogP contribution < -0.4 is 0 Å². The van der Waals surface area contributed by atoms with E-state index in [0.717, 1.165) is 0 Å². The van der Waals surface area contributed by atoms with Gasteiger partial charge in [-0.05, 0) is 0 Å². The van der Waals surface area contributed by atoms with E-state index < -0.39 is 5.09 Å². The van der Waals surface area contributed by atoms with E-state index in [2.05, 4.69) is 0 Å². The first-order valence-corrected chi connectivity index (χ1v) is 0.548. The smallest absolute Gasteiger partial charge is 2.00 e. The van der Waals surface area contributed by atoms with Crippen LogP contribution in [0.25, 0.3) is 0 Å². The van der Waals surface area contributed by atoms with E-state index in [-0.39, 0.29) is 44.4 Å². The second-order valence-electron chi connectivity index (χ2n) is 0.224. The quantitative estimate of drug-likeness (QED) is 0.309. The largest absolute Gasteiger partial charge is 2.00 e. The van der Waals surface area contributed by atoms with Gasteiger partial charge in [-0.3, -0.25) is 0 Å². The molecule has 0 spiro atoms. The summed E-state index contributed by atoms with van der Waals surface area (Å²) in [6.45, 7) is 0. The summed E-state index contributed by atoms with van der Waals surface area (Å²) >= 11 is 0. The predicted molar refractivity (Wildman–Crippen MR) is 11.0 cm³/mol. The van der Waals surface area contributed by atoms with Gasteiger partial charge in [-0.15, -0.1) is 0 Å². The predicted octanol–water partition coefficient (Wildman–Crippen LogP) is -0.363. The first-order chi connectivity index (χ1) is 1.73. The van der Waals surface area contributed by atoms with Crippen molar-refractivity contribution in [1.29, 1.82) is 0 Å². The average molecular weight is 209 g/mol. The molecule has 0 bridgehead atoms. The normalized spacial score (nSPS) is 3.43. The Balaban J connectivity index is -0.0000000150. The van der Waals surface area contributed by atoms with Crippen LogP contribution >= 0.6 is 0 Å². The van der Waals surface area contributed by atoms with Crippen molar-refractivity contribution in [3.8, 4) is 0 Å². The second kappa shape index (κ2) is 16.1. The summed E-state index contributed by atoms with van der Waals surface area (Å²) in [6, 6.07) is 0. The van der Waals surface area contributed by atoms with Gasteiger partial charge in [0.2, 0.25) is 0 Å². The minimum atomic E-state index is -1.75. The summed E-state index contributed by atoms with van der Waals surface area (Å²) < 4.78 is 0. The molecule has 7 heavy (non-hydrogen) atoms. The molecule has 0 aliphatic carbocycles. The molecular formula is NO4Zn2+. The fourth-order valence-corrected chi connectivity index (χ4v) is 0. The fraction of sp³-hybridized carbons (Fsp3) is 0. The van der Waals surface area contributed by atoms with E-state index in [1.807, 2.05) is 0 Å². The van der Waals surface area contributed by atoms with E-state index in [9.17, 15) is 0 Å². The van der Waals surface area contributed by atoms with Crippen LogP contribution in [0.3, 0.4) is 0 Å². The van der Waals surface area contributed by atoms with Gasteiger partial charge in [0.15, 0.2) is 0 Å². The molecule has 0 amide bonds. The molecule has 0 atom stereocenters. The van der Waals surface area contributed by atoms with Gasteiger partial charge >= 0.3 is 39.0 Å². The van der Waals surface area contributed by atoms with E-state index in [1.165, 1.54) is 0 Å². The molecule has 0 aromatic heterocycles. The first kappa shape index (κ1) is 26.2. The molecule has 0 N–H and O–H groups in total. The Bertz CT molecular complexity index is 32.7. The van der Waals surface area contributed by atoms with Crippen molar-refractivity contribution in [3.63, 3.8) is 0 Å². The molecule has 0 radical (unpaired) electrons. The van der Waals surface area contributed by atoms with Crippen LogP contribution in [0, 0.1) is 15.3 Å². The summed E-state index contributed by atoms with van der Waals surface area (Å²) in [5.41, 5.74) is 0. The van der Waals surface area contributed by atoms with Crippen molar-refractivity contribution in [3.05, 3.63) is 15.3 Å². The van der Waals surface area contributed by atoms with E-state index >= 15 is 0 Å². The SMILES string of the molecule is O=[N+]([O-])[O-].[O-2].[Zn+2].[Zn+2]. The third-order valence-electron chi connectivity index (χ3n) is 0. The topological polar surface area (TPSA) is 94.7 Å². The zero-order valence-corrected chi connectivity index (χ0v) is 9.43. The Morgan fingerprint density at radius 2 is 1.14 bits per heavy atom. The molecule has 0 aliphatic heterocycles. The summed E-state index contributed by atoms with van der Waals surface area (Å²) in [7, 11) is 0. The Morgan fingerprint density at radius 3 is 1.14 bits per heavy atom. The molecular weight excluding hydrogens is 209 g/mol. The van der Waals surface area contributed by atoms with Crippen molar-refractivity contribution in [2.75, 3.05) is 0 Å². The molecule has 0 aromatic carbocycles. The van der Waals surface area contributed by atoms with Gasteiger partial charge < -0.3 is 20.8 Å². The average Bonchev–Trinajstić information content (AvgIpc) is 0.811. The van der Waals surface area contributed by atoms with Crippen LogP contribution in [0.15, 0.2) is 0 Å². The third-order valence-corrected chi connectivity index (χ3v) is 0. The number of rotatable bonds is 0. The van der Waals surface area contributed by atoms with Gasteiger partial charge in [0.1, 0.15) is 0 Å². The van der Waals surface area contributed by atoms with Crippen molar-refractivity contribution in [2.45, 2.75) is 0 Å². The van der Waals surface area contributed by atoms with E-state index in [4.69, 9.17) is 15.3 Å². The van der Waals surface area contributed by atoms with Gasteiger partial charge in [0, 0.05) is 0 Å². The van der Waals surface area contributed by atoms with Crippen LogP contribution in [-0.4, -0.2) is 5.09 Å². The summed E-state index contributed by atoms with van der Waals surface area (Å²) in [4.78, 5) is 8.25. The molecule has 0 unspecified atom stereocenters. The number of hydrogen-bond donors (Lipinski definition) is 0. The van der Waals surface area contributed by atoms with Crippen molar-refractivity contribution in [1.82, 2.24) is 0 Å². The molecule has 0 fully saturated rings. The maximum absolute atomic E-state index is 8.25. The van der Waals surface area contributed by atoms with Crippen LogP contribution in [0.2, 0.25) is 0 Å². The number of hydrogen-bond acceptors (Lipinski definition) is 3. The Labute approximate surface area is 65.0 Å². The summed E-state index contributed by atoms with van der Waals surface area (Å²) in [6.07, 6.45) is 0. The molecule has 7 heteroatoms. The van der Waals surface area contributed by atoms with Crippen LogP contribution in [-0.2, 0) is 44.4 Å². The van der Waals surface area contributed by atoms with Gasteiger partial charge in [-0.1, -0.05) is 0 Å². The van der Waals surface area contributed by atoms with Crippen LogP contribution in [0.5, 0.6) is 0 Å². The molecule has 0 saturated heterocycles. The zero-order valence-electron chi connectivity index (χ0n) is 3.49. The number of nitrogens with zero attached hydrogens (tertiary/aromatic N) is 1. The molecule has 0 saturated carbocycles. The molecule has 32 valence electrons. The Hall–Kier alpha value is 0.407. The Morgan fingerprint density at radius 1 is 1.14 bits per heavy atom. The zero-order chi connectivity index (χ0) is 3.58. The van der Waals surface area contributed by atoms with Gasteiger partial charge in [-0.2, -0.15) is 0 Å². The van der Waals surface area contributed by atoms with Crippen molar-refractivity contribution >= 4 is 0 Å². The van der Waals surface area contributed by atoms with E-state index in [1.54, 1.807) is 0 Å². The van der Waals surface area contributed by atoms with E-state index in [0.29, 0.717) is 0 Å². The van der Waals surface area contributed by atoms with Gasteiger partial charge in [-0.25, -0.2) is 0 Å². The van der Waals surface area contributed by atoms with Crippen LogP contribution in [0.1, 0.15) is 0 Å². The minimum absolute atomic E-state index is 0. The van der Waals surface area contributed by atoms with Gasteiger partial charge in [0.05, 0.1) is 5.09 Å². The minimum Gasteiger partial charge on any atom is -2.00 e.